The molecule has 0 fully saturated rings. The molecular weight excluding hydrogens is 392 g/mol. The van der Waals surface area contributed by atoms with Gasteiger partial charge in [-0.1, -0.05) is 30.3 Å². The zero-order chi connectivity index (χ0) is 20.2. The van der Waals surface area contributed by atoms with Gasteiger partial charge < -0.3 is 14.2 Å². The summed E-state index contributed by atoms with van der Waals surface area (Å²) in [6, 6.07) is 14.4. The lowest BCUT2D eigenvalue weighted by molar-refractivity contribution is -0.123. The van der Waals surface area contributed by atoms with Crippen LogP contribution < -0.4 is 14.8 Å². The molecule has 2 heterocycles. The Morgan fingerprint density at radius 1 is 1.10 bits per heavy atom. The maximum atomic E-state index is 12.4. The molecule has 1 amide bonds. The highest BCUT2D eigenvalue weighted by Crippen LogP contribution is 2.31. The average Bonchev–Trinajstić information content (AvgIpc) is 3.22. The Labute approximate surface area is 171 Å². The summed E-state index contributed by atoms with van der Waals surface area (Å²) in [5.74, 6) is -0.00537. The molecule has 8 heteroatoms. The average molecular weight is 410 g/mol. The number of benzene rings is 2. The lowest BCUT2D eigenvalue weighted by atomic mass is 10.2. The zero-order valence-electron chi connectivity index (χ0n) is 15.6. The van der Waals surface area contributed by atoms with Gasteiger partial charge >= 0.3 is 5.97 Å². The predicted molar refractivity (Wildman–Crippen MR) is 108 cm³/mol. The maximum absolute atomic E-state index is 12.4. The van der Waals surface area contributed by atoms with Crippen LogP contribution in [0.2, 0.25) is 0 Å². The van der Waals surface area contributed by atoms with Gasteiger partial charge in [-0.3, -0.25) is 10.1 Å². The van der Waals surface area contributed by atoms with Crippen LogP contribution in [-0.2, 0) is 9.53 Å². The molecule has 29 heavy (non-hydrogen) atoms. The lowest BCUT2D eigenvalue weighted by Gasteiger charge is -2.19. The highest BCUT2D eigenvalue weighted by Gasteiger charge is 2.22. The summed E-state index contributed by atoms with van der Waals surface area (Å²) in [5.41, 5.74) is 2.02. The van der Waals surface area contributed by atoms with Crippen molar-refractivity contribution in [2.24, 2.45) is 0 Å². The van der Waals surface area contributed by atoms with Gasteiger partial charge in [-0.15, -0.1) is 11.3 Å². The van der Waals surface area contributed by atoms with E-state index < -0.39 is 18.0 Å². The Balaban J connectivity index is 1.37. The minimum Gasteiger partial charge on any atom is -0.486 e. The number of hydrogen-bond acceptors (Lipinski definition) is 7. The number of ether oxygens (including phenoxy) is 3. The van der Waals surface area contributed by atoms with E-state index in [1.807, 2.05) is 35.7 Å². The van der Waals surface area contributed by atoms with Gasteiger partial charge in [0.05, 0.1) is 11.3 Å². The van der Waals surface area contributed by atoms with Crippen molar-refractivity contribution < 1.29 is 23.8 Å². The first-order valence-corrected chi connectivity index (χ1v) is 9.90. The zero-order valence-corrected chi connectivity index (χ0v) is 16.4. The number of amides is 1. The first kappa shape index (κ1) is 18.9. The quantitative estimate of drug-likeness (QED) is 0.645. The minimum absolute atomic E-state index is 0.287. The standard InChI is InChI=1S/C21H18N2O5S/c1-13(28-20(25)15-7-8-17-18(11-15)27-10-9-26-17)19(24)23-21-22-16(12-29-21)14-5-3-2-4-6-14/h2-8,11-13H,9-10H2,1H3,(H,22,23,24)/t13-/m1/s1. The number of thiazole rings is 1. The number of esters is 1. The van der Waals surface area contributed by atoms with Crippen LogP contribution in [0.4, 0.5) is 5.13 Å². The van der Waals surface area contributed by atoms with E-state index in [0.29, 0.717) is 29.8 Å². The van der Waals surface area contributed by atoms with Crippen molar-refractivity contribution in [3.05, 3.63) is 59.5 Å². The summed E-state index contributed by atoms with van der Waals surface area (Å²) < 4.78 is 16.2. The molecule has 4 rings (SSSR count). The number of carbonyl (C=O) groups is 2. The fraction of sp³-hybridized carbons (Fsp3) is 0.190. The van der Waals surface area contributed by atoms with Crippen LogP contribution in [0, 0.1) is 0 Å². The molecule has 0 saturated carbocycles. The molecule has 0 unspecified atom stereocenters. The molecule has 0 spiro atoms. The van der Waals surface area contributed by atoms with Crippen LogP contribution in [-0.4, -0.2) is 36.2 Å². The molecule has 1 N–H and O–H groups in total. The summed E-state index contributed by atoms with van der Waals surface area (Å²) in [6.45, 7) is 2.40. The molecule has 0 bridgehead atoms. The number of nitrogens with one attached hydrogen (secondary N) is 1. The van der Waals surface area contributed by atoms with Crippen molar-refractivity contribution in [2.45, 2.75) is 13.0 Å². The highest BCUT2D eigenvalue weighted by atomic mass is 32.1. The molecule has 7 nitrogen and oxygen atoms in total. The van der Waals surface area contributed by atoms with Crippen LogP contribution in [0.3, 0.4) is 0 Å². The Morgan fingerprint density at radius 3 is 2.66 bits per heavy atom. The summed E-state index contributed by atoms with van der Waals surface area (Å²) >= 11 is 1.31. The third-order valence-corrected chi connectivity index (χ3v) is 4.99. The van der Waals surface area contributed by atoms with Crippen molar-refractivity contribution in [3.63, 3.8) is 0 Å². The fourth-order valence-electron chi connectivity index (χ4n) is 2.73. The van der Waals surface area contributed by atoms with Gasteiger partial charge in [0.1, 0.15) is 13.2 Å². The molecule has 0 aliphatic carbocycles. The van der Waals surface area contributed by atoms with E-state index in [1.165, 1.54) is 18.3 Å². The van der Waals surface area contributed by atoms with E-state index in [9.17, 15) is 9.59 Å². The van der Waals surface area contributed by atoms with Gasteiger partial charge in [0.25, 0.3) is 5.91 Å². The molecular formula is C21H18N2O5S. The van der Waals surface area contributed by atoms with Crippen molar-refractivity contribution >= 4 is 28.3 Å². The molecule has 1 atom stereocenters. The molecule has 0 radical (unpaired) electrons. The van der Waals surface area contributed by atoms with E-state index >= 15 is 0 Å². The molecule has 1 aliphatic heterocycles. The molecule has 3 aromatic rings. The van der Waals surface area contributed by atoms with E-state index in [1.54, 1.807) is 18.2 Å². The second-order valence-corrected chi connectivity index (χ2v) is 7.16. The number of rotatable bonds is 5. The van der Waals surface area contributed by atoms with E-state index in [2.05, 4.69) is 10.3 Å². The summed E-state index contributed by atoms with van der Waals surface area (Å²) in [4.78, 5) is 29.2. The number of nitrogens with zero attached hydrogens (tertiary/aromatic N) is 1. The third-order valence-electron chi connectivity index (χ3n) is 4.23. The molecule has 1 aliphatic rings. The topological polar surface area (TPSA) is 86.8 Å². The molecule has 2 aromatic carbocycles. The van der Waals surface area contributed by atoms with E-state index in [0.717, 1.165) is 11.3 Å². The normalized spacial score (nSPS) is 13.4. The van der Waals surface area contributed by atoms with Crippen molar-refractivity contribution in [1.82, 2.24) is 4.98 Å². The van der Waals surface area contributed by atoms with Crippen LogP contribution in [0.1, 0.15) is 17.3 Å². The number of aromatic nitrogens is 1. The first-order chi connectivity index (χ1) is 14.1. The SMILES string of the molecule is C[C@@H](OC(=O)c1ccc2c(c1)OCCO2)C(=O)Nc1nc(-c2ccccc2)cs1. The van der Waals surface area contributed by atoms with Crippen LogP contribution >= 0.6 is 11.3 Å². The van der Waals surface area contributed by atoms with Crippen LogP contribution in [0.5, 0.6) is 11.5 Å². The molecule has 0 saturated heterocycles. The number of hydrogen-bond donors (Lipinski definition) is 1. The van der Waals surface area contributed by atoms with Gasteiger partial charge in [-0.2, -0.15) is 0 Å². The Hall–Kier alpha value is -3.39. The number of carbonyl (C=O) groups excluding carboxylic acids is 2. The first-order valence-electron chi connectivity index (χ1n) is 9.02. The van der Waals surface area contributed by atoms with Gasteiger partial charge in [0, 0.05) is 10.9 Å². The largest absolute Gasteiger partial charge is 0.486 e. The second-order valence-electron chi connectivity index (χ2n) is 6.30. The van der Waals surface area contributed by atoms with Gasteiger partial charge in [-0.25, -0.2) is 9.78 Å². The third kappa shape index (κ3) is 4.38. The smallest absolute Gasteiger partial charge is 0.339 e. The number of anilines is 1. The Kier molecular flexibility index (Phi) is 5.44. The van der Waals surface area contributed by atoms with Gasteiger partial charge in [0.15, 0.2) is 22.7 Å². The second kappa shape index (κ2) is 8.32. The maximum Gasteiger partial charge on any atom is 0.339 e. The summed E-state index contributed by atoms with van der Waals surface area (Å²) in [5, 5.41) is 4.98. The van der Waals surface area contributed by atoms with Crippen LogP contribution in [0.15, 0.2) is 53.9 Å². The van der Waals surface area contributed by atoms with Crippen molar-refractivity contribution in [1.29, 1.82) is 0 Å². The van der Waals surface area contributed by atoms with Gasteiger partial charge in [0.2, 0.25) is 0 Å². The fourth-order valence-corrected chi connectivity index (χ4v) is 3.45. The lowest BCUT2D eigenvalue weighted by Crippen LogP contribution is -2.30. The minimum atomic E-state index is -0.986. The van der Waals surface area contributed by atoms with E-state index in [-0.39, 0.29) is 5.56 Å². The summed E-state index contributed by atoms with van der Waals surface area (Å²) in [7, 11) is 0. The van der Waals surface area contributed by atoms with Crippen molar-refractivity contribution in [2.75, 3.05) is 18.5 Å². The predicted octanol–water partition coefficient (Wildman–Crippen LogP) is 3.77. The molecule has 1 aromatic heterocycles. The van der Waals surface area contributed by atoms with Crippen LogP contribution in [0.25, 0.3) is 11.3 Å². The Morgan fingerprint density at radius 2 is 1.86 bits per heavy atom. The monoisotopic (exact) mass is 410 g/mol. The van der Waals surface area contributed by atoms with E-state index in [4.69, 9.17) is 14.2 Å². The number of fused-ring (bicyclic) bond motifs is 1. The molecule has 148 valence electrons. The van der Waals surface area contributed by atoms with Crippen molar-refractivity contribution in [3.8, 4) is 22.8 Å². The highest BCUT2D eigenvalue weighted by molar-refractivity contribution is 7.14. The Bertz CT molecular complexity index is 1030. The van der Waals surface area contributed by atoms with Gasteiger partial charge in [-0.05, 0) is 25.1 Å². The summed E-state index contributed by atoms with van der Waals surface area (Å²) in [6.07, 6.45) is -0.986.